The van der Waals surface area contributed by atoms with E-state index in [4.69, 9.17) is 0 Å². The van der Waals surface area contributed by atoms with E-state index in [-0.39, 0.29) is 5.75 Å². The molecule has 0 saturated heterocycles. The summed E-state index contributed by atoms with van der Waals surface area (Å²) in [5, 5.41) is 25.3. The molecule has 0 bridgehead atoms. The fourth-order valence-electron chi connectivity index (χ4n) is 3.57. The zero-order chi connectivity index (χ0) is 21.2. The second-order valence-electron chi connectivity index (χ2n) is 7.15. The Morgan fingerprint density at radius 1 is 0.903 bits per heavy atom. The second-order valence-corrected chi connectivity index (χ2v) is 7.15. The van der Waals surface area contributed by atoms with Crippen LogP contribution in [0.15, 0.2) is 90.0 Å². The van der Waals surface area contributed by atoms with Crippen molar-refractivity contribution >= 4 is 33.7 Å². The number of phenols is 1. The van der Waals surface area contributed by atoms with Gasteiger partial charge in [-0.3, -0.25) is 9.89 Å². The van der Waals surface area contributed by atoms with E-state index < -0.39 is 5.91 Å². The summed E-state index contributed by atoms with van der Waals surface area (Å²) in [5.41, 5.74) is 4.91. The van der Waals surface area contributed by atoms with Gasteiger partial charge in [0.2, 0.25) is 0 Å². The predicted octanol–water partition coefficient (Wildman–Crippen LogP) is 4.85. The molecular weight excluding hydrogens is 388 g/mol. The molecule has 150 valence electrons. The largest absolute Gasteiger partial charge is 0.507 e. The van der Waals surface area contributed by atoms with Gasteiger partial charge in [0.1, 0.15) is 11.4 Å². The fraction of sp³-hybridized carbons (Fsp3) is 0. The highest BCUT2D eigenvalue weighted by atomic mass is 16.3. The summed E-state index contributed by atoms with van der Waals surface area (Å²) in [5.74, 6) is -0.327. The van der Waals surface area contributed by atoms with Crippen molar-refractivity contribution in [3.63, 3.8) is 0 Å². The summed E-state index contributed by atoms with van der Waals surface area (Å²) in [7, 11) is 0. The topological polar surface area (TPSA) is 90.4 Å². The van der Waals surface area contributed by atoms with Crippen LogP contribution in [0.25, 0.3) is 32.8 Å². The number of hydrazone groups is 1. The Hall–Kier alpha value is -4.45. The molecule has 6 heteroatoms. The SMILES string of the molecule is O=C(N/N=C\c1c(O)ccc2ccccc12)c1cc(-c2ccc3ccccc3c2)n[nH]1. The lowest BCUT2D eigenvalue weighted by Crippen LogP contribution is -2.18. The van der Waals surface area contributed by atoms with E-state index in [1.54, 1.807) is 12.1 Å². The lowest BCUT2D eigenvalue weighted by molar-refractivity contribution is 0.0950. The lowest BCUT2D eigenvalue weighted by atomic mass is 10.0. The van der Waals surface area contributed by atoms with E-state index in [1.807, 2.05) is 72.8 Å². The van der Waals surface area contributed by atoms with Crippen molar-refractivity contribution in [2.24, 2.45) is 5.10 Å². The molecule has 3 N–H and O–H groups in total. The van der Waals surface area contributed by atoms with Crippen molar-refractivity contribution in [3.8, 4) is 17.0 Å². The summed E-state index contributed by atoms with van der Waals surface area (Å²) in [6, 6.07) is 26.9. The third-order valence-corrected chi connectivity index (χ3v) is 5.18. The second kappa shape index (κ2) is 7.76. The Morgan fingerprint density at radius 3 is 2.52 bits per heavy atom. The molecule has 4 aromatic carbocycles. The summed E-state index contributed by atoms with van der Waals surface area (Å²) >= 11 is 0. The molecule has 0 saturated carbocycles. The van der Waals surface area contributed by atoms with Crippen LogP contribution in [0.4, 0.5) is 0 Å². The van der Waals surface area contributed by atoms with E-state index in [1.165, 1.54) is 6.21 Å². The van der Waals surface area contributed by atoms with Crippen LogP contribution in [0, 0.1) is 0 Å². The number of carbonyl (C=O) groups excluding carboxylic acids is 1. The average Bonchev–Trinajstić information content (AvgIpc) is 3.31. The molecule has 6 nitrogen and oxygen atoms in total. The van der Waals surface area contributed by atoms with Gasteiger partial charge >= 0.3 is 0 Å². The minimum atomic E-state index is -0.421. The molecule has 1 aromatic heterocycles. The molecule has 0 aliphatic heterocycles. The number of aromatic amines is 1. The molecule has 0 radical (unpaired) electrons. The van der Waals surface area contributed by atoms with Crippen molar-refractivity contribution in [2.75, 3.05) is 0 Å². The maximum atomic E-state index is 12.5. The number of benzene rings is 4. The van der Waals surface area contributed by atoms with Gasteiger partial charge < -0.3 is 5.11 Å². The van der Waals surface area contributed by atoms with Crippen LogP contribution in [0.3, 0.4) is 0 Å². The number of hydrogen-bond donors (Lipinski definition) is 3. The van der Waals surface area contributed by atoms with Crippen molar-refractivity contribution in [1.82, 2.24) is 15.6 Å². The van der Waals surface area contributed by atoms with E-state index in [9.17, 15) is 9.90 Å². The summed E-state index contributed by atoms with van der Waals surface area (Å²) in [4.78, 5) is 12.5. The Morgan fingerprint density at radius 2 is 1.65 bits per heavy atom. The van der Waals surface area contributed by atoms with Crippen molar-refractivity contribution in [3.05, 3.63) is 96.2 Å². The van der Waals surface area contributed by atoms with Gasteiger partial charge in [-0.2, -0.15) is 10.2 Å². The number of rotatable bonds is 4. The zero-order valence-corrected chi connectivity index (χ0v) is 16.4. The van der Waals surface area contributed by atoms with Gasteiger partial charge in [0.15, 0.2) is 0 Å². The molecule has 5 rings (SSSR count). The van der Waals surface area contributed by atoms with Gasteiger partial charge in [-0.15, -0.1) is 0 Å². The maximum absolute atomic E-state index is 12.5. The molecule has 0 aliphatic carbocycles. The Balaban J connectivity index is 1.35. The molecule has 1 amide bonds. The van der Waals surface area contributed by atoms with Gasteiger partial charge in [-0.05, 0) is 39.7 Å². The molecule has 0 aliphatic rings. The van der Waals surface area contributed by atoms with Crippen LogP contribution in [0.1, 0.15) is 16.1 Å². The fourth-order valence-corrected chi connectivity index (χ4v) is 3.57. The van der Waals surface area contributed by atoms with Crippen LogP contribution in [-0.4, -0.2) is 27.4 Å². The van der Waals surface area contributed by atoms with Crippen molar-refractivity contribution in [2.45, 2.75) is 0 Å². The van der Waals surface area contributed by atoms with Crippen LogP contribution in [0.2, 0.25) is 0 Å². The number of nitrogens with one attached hydrogen (secondary N) is 2. The number of nitrogens with zero attached hydrogens (tertiary/aromatic N) is 2. The van der Waals surface area contributed by atoms with E-state index in [0.29, 0.717) is 17.0 Å². The highest BCUT2D eigenvalue weighted by molar-refractivity contribution is 6.03. The third kappa shape index (κ3) is 3.62. The molecule has 5 aromatic rings. The zero-order valence-electron chi connectivity index (χ0n) is 16.4. The standard InChI is InChI=1S/C25H18N4O2/c30-24-12-11-17-6-3-4-8-20(17)21(24)15-26-29-25(31)23-14-22(27-28-23)19-10-9-16-5-1-2-7-18(16)13-19/h1-15,30H,(H,27,28)(H,29,31)/b26-15-. The first-order chi connectivity index (χ1) is 15.2. The Labute approximate surface area is 177 Å². The number of H-pyrrole nitrogens is 1. The van der Waals surface area contributed by atoms with Crippen molar-refractivity contribution in [1.29, 1.82) is 0 Å². The molecule has 0 unspecified atom stereocenters. The normalized spacial score (nSPS) is 11.4. The van der Waals surface area contributed by atoms with Gasteiger partial charge in [-0.25, -0.2) is 5.43 Å². The first-order valence-corrected chi connectivity index (χ1v) is 9.78. The van der Waals surface area contributed by atoms with Gasteiger partial charge in [-0.1, -0.05) is 66.7 Å². The summed E-state index contributed by atoms with van der Waals surface area (Å²) in [6.07, 6.45) is 1.44. The summed E-state index contributed by atoms with van der Waals surface area (Å²) < 4.78 is 0. The third-order valence-electron chi connectivity index (χ3n) is 5.18. The number of amides is 1. The predicted molar refractivity (Wildman–Crippen MR) is 122 cm³/mol. The molecule has 0 spiro atoms. The van der Waals surface area contributed by atoms with Crippen LogP contribution < -0.4 is 5.43 Å². The molecular formula is C25H18N4O2. The lowest BCUT2D eigenvalue weighted by Gasteiger charge is -2.04. The van der Waals surface area contributed by atoms with Crippen molar-refractivity contribution < 1.29 is 9.90 Å². The molecule has 0 atom stereocenters. The number of aromatic nitrogens is 2. The minimum absolute atomic E-state index is 0.0943. The van der Waals surface area contributed by atoms with Gasteiger partial charge in [0.05, 0.1) is 11.9 Å². The number of hydrogen-bond acceptors (Lipinski definition) is 4. The average molecular weight is 406 g/mol. The monoisotopic (exact) mass is 406 g/mol. The number of aromatic hydroxyl groups is 1. The summed E-state index contributed by atoms with van der Waals surface area (Å²) in [6.45, 7) is 0. The molecule has 1 heterocycles. The number of fused-ring (bicyclic) bond motifs is 2. The maximum Gasteiger partial charge on any atom is 0.289 e. The van der Waals surface area contributed by atoms with Crippen LogP contribution >= 0.6 is 0 Å². The Kier molecular flexibility index (Phi) is 4.65. The molecule has 0 fully saturated rings. The number of carbonyl (C=O) groups is 1. The molecule has 31 heavy (non-hydrogen) atoms. The van der Waals surface area contributed by atoms with E-state index in [2.05, 4.69) is 20.7 Å². The quantitative estimate of drug-likeness (QED) is 0.294. The first kappa shape index (κ1) is 18.6. The van der Waals surface area contributed by atoms with Gasteiger partial charge in [0, 0.05) is 11.1 Å². The van der Waals surface area contributed by atoms with Crippen LogP contribution in [0.5, 0.6) is 5.75 Å². The highest BCUT2D eigenvalue weighted by Crippen LogP contribution is 2.26. The van der Waals surface area contributed by atoms with Crippen LogP contribution in [-0.2, 0) is 0 Å². The van der Waals surface area contributed by atoms with E-state index in [0.717, 1.165) is 27.1 Å². The Bertz CT molecular complexity index is 1450. The van der Waals surface area contributed by atoms with Gasteiger partial charge in [0.25, 0.3) is 5.91 Å². The minimum Gasteiger partial charge on any atom is -0.507 e. The smallest absolute Gasteiger partial charge is 0.289 e. The first-order valence-electron chi connectivity index (χ1n) is 9.78. The number of phenolic OH excluding ortho intramolecular Hbond substituents is 1. The van der Waals surface area contributed by atoms with E-state index >= 15 is 0 Å². The highest BCUT2D eigenvalue weighted by Gasteiger charge is 2.11.